The van der Waals surface area contributed by atoms with Gasteiger partial charge in [0.1, 0.15) is 11.6 Å². The van der Waals surface area contributed by atoms with E-state index < -0.39 is 11.6 Å². The first-order chi connectivity index (χ1) is 9.15. The Hall–Kier alpha value is -1.95. The van der Waals surface area contributed by atoms with Crippen LogP contribution >= 0.6 is 11.3 Å². The van der Waals surface area contributed by atoms with Gasteiger partial charge in [-0.25, -0.2) is 13.8 Å². The third-order valence-corrected chi connectivity index (χ3v) is 3.69. The van der Waals surface area contributed by atoms with Gasteiger partial charge in [0.25, 0.3) is 0 Å². The molecule has 0 aliphatic heterocycles. The Labute approximate surface area is 112 Å². The van der Waals surface area contributed by atoms with E-state index in [9.17, 15) is 8.78 Å². The lowest BCUT2D eigenvalue weighted by molar-refractivity contribution is 0.602. The molecule has 1 aromatic carbocycles. The molecule has 0 atom stereocenters. The van der Waals surface area contributed by atoms with Gasteiger partial charge in [-0.15, -0.1) is 11.3 Å². The quantitative estimate of drug-likeness (QED) is 0.794. The van der Waals surface area contributed by atoms with Gasteiger partial charge in [-0.2, -0.15) is 0 Å². The van der Waals surface area contributed by atoms with Crippen molar-refractivity contribution < 1.29 is 8.78 Å². The van der Waals surface area contributed by atoms with E-state index in [1.807, 2.05) is 22.9 Å². The summed E-state index contributed by atoms with van der Waals surface area (Å²) in [5, 5.41) is 4.85. The van der Waals surface area contributed by atoms with Gasteiger partial charge in [-0.1, -0.05) is 0 Å². The van der Waals surface area contributed by atoms with E-state index >= 15 is 0 Å². The Morgan fingerprint density at radius 2 is 2.21 bits per heavy atom. The second kappa shape index (κ2) is 4.62. The molecule has 0 bridgehead atoms. The van der Waals surface area contributed by atoms with E-state index in [-0.39, 0.29) is 5.69 Å². The van der Waals surface area contributed by atoms with Crippen molar-refractivity contribution in [3.8, 4) is 0 Å². The number of imidazole rings is 1. The molecule has 3 rings (SSSR count). The van der Waals surface area contributed by atoms with E-state index in [4.69, 9.17) is 0 Å². The SMILES string of the molecule is Cc1nc2sccn2c1CNc1cc(F)ccc1F. The second-order valence-corrected chi connectivity index (χ2v) is 5.05. The Bertz CT molecular complexity index is 733. The van der Waals surface area contributed by atoms with Crippen LogP contribution in [0.25, 0.3) is 4.96 Å². The molecule has 6 heteroatoms. The van der Waals surface area contributed by atoms with Crippen molar-refractivity contribution in [2.75, 3.05) is 5.32 Å². The molecule has 19 heavy (non-hydrogen) atoms. The smallest absolute Gasteiger partial charge is 0.194 e. The van der Waals surface area contributed by atoms with Crippen LogP contribution in [0.3, 0.4) is 0 Å². The largest absolute Gasteiger partial charge is 0.377 e. The lowest BCUT2D eigenvalue weighted by Gasteiger charge is -2.07. The Morgan fingerprint density at radius 3 is 3.05 bits per heavy atom. The molecule has 0 unspecified atom stereocenters. The van der Waals surface area contributed by atoms with Gasteiger partial charge < -0.3 is 5.32 Å². The third kappa shape index (κ3) is 2.19. The zero-order chi connectivity index (χ0) is 13.4. The van der Waals surface area contributed by atoms with Gasteiger partial charge >= 0.3 is 0 Å². The van der Waals surface area contributed by atoms with Crippen molar-refractivity contribution in [1.82, 2.24) is 9.38 Å². The third-order valence-electron chi connectivity index (χ3n) is 2.94. The molecule has 0 amide bonds. The minimum absolute atomic E-state index is 0.157. The number of aryl methyl sites for hydroxylation is 1. The van der Waals surface area contributed by atoms with Crippen LogP contribution < -0.4 is 5.32 Å². The van der Waals surface area contributed by atoms with Crippen molar-refractivity contribution in [3.63, 3.8) is 0 Å². The summed E-state index contributed by atoms with van der Waals surface area (Å²) in [6, 6.07) is 3.36. The summed E-state index contributed by atoms with van der Waals surface area (Å²) in [4.78, 5) is 5.30. The minimum Gasteiger partial charge on any atom is -0.377 e. The Balaban J connectivity index is 1.87. The number of hydrogen-bond acceptors (Lipinski definition) is 3. The highest BCUT2D eigenvalue weighted by molar-refractivity contribution is 7.15. The van der Waals surface area contributed by atoms with E-state index in [2.05, 4.69) is 10.3 Å². The number of benzene rings is 1. The maximum atomic E-state index is 13.5. The molecule has 3 aromatic rings. The molecular weight excluding hydrogens is 268 g/mol. The fraction of sp³-hybridized carbons (Fsp3) is 0.154. The van der Waals surface area contributed by atoms with Gasteiger partial charge in [0.05, 0.1) is 23.6 Å². The summed E-state index contributed by atoms with van der Waals surface area (Å²) in [7, 11) is 0. The molecule has 0 spiro atoms. The number of halogens is 2. The molecule has 0 aliphatic carbocycles. The number of thiazole rings is 1. The average molecular weight is 279 g/mol. The van der Waals surface area contributed by atoms with Crippen LogP contribution in [0.5, 0.6) is 0 Å². The van der Waals surface area contributed by atoms with Gasteiger partial charge in [0.2, 0.25) is 0 Å². The van der Waals surface area contributed by atoms with Gasteiger partial charge in [-0.05, 0) is 25.1 Å². The number of rotatable bonds is 3. The monoisotopic (exact) mass is 279 g/mol. The number of aromatic nitrogens is 2. The van der Waals surface area contributed by atoms with E-state index in [0.717, 1.165) is 34.5 Å². The number of hydrogen-bond donors (Lipinski definition) is 1. The molecule has 3 nitrogen and oxygen atoms in total. The highest BCUT2D eigenvalue weighted by Crippen LogP contribution is 2.20. The molecule has 0 saturated carbocycles. The molecule has 0 radical (unpaired) electrons. The van der Waals surface area contributed by atoms with Gasteiger partial charge in [0, 0.05) is 11.6 Å². The molecule has 98 valence electrons. The minimum atomic E-state index is -0.467. The van der Waals surface area contributed by atoms with Crippen molar-refractivity contribution in [2.45, 2.75) is 13.5 Å². The van der Waals surface area contributed by atoms with Crippen LogP contribution in [0, 0.1) is 18.6 Å². The summed E-state index contributed by atoms with van der Waals surface area (Å²) in [5.41, 5.74) is 1.99. The van der Waals surface area contributed by atoms with Crippen molar-refractivity contribution in [3.05, 3.63) is 52.8 Å². The number of nitrogens with one attached hydrogen (secondary N) is 1. The zero-order valence-corrected chi connectivity index (χ0v) is 11.0. The summed E-state index contributed by atoms with van der Waals surface area (Å²) in [5.74, 6) is -0.931. The van der Waals surface area contributed by atoms with Crippen LogP contribution in [-0.2, 0) is 6.54 Å². The van der Waals surface area contributed by atoms with Crippen molar-refractivity contribution in [2.24, 2.45) is 0 Å². The summed E-state index contributed by atoms with van der Waals surface area (Å²) >= 11 is 1.54. The summed E-state index contributed by atoms with van der Waals surface area (Å²) in [6.07, 6.45) is 1.92. The van der Waals surface area contributed by atoms with Crippen LogP contribution in [-0.4, -0.2) is 9.38 Å². The standard InChI is InChI=1S/C13H11F2N3S/c1-8-12(18-4-5-19-13(18)17-8)7-16-11-6-9(14)2-3-10(11)15/h2-6,16H,7H2,1H3. The zero-order valence-electron chi connectivity index (χ0n) is 10.2. The number of nitrogens with zero attached hydrogens (tertiary/aromatic N) is 2. The first-order valence-electron chi connectivity index (χ1n) is 5.75. The van der Waals surface area contributed by atoms with Crippen LogP contribution in [0.4, 0.5) is 14.5 Å². The van der Waals surface area contributed by atoms with Crippen molar-refractivity contribution >= 4 is 22.0 Å². The van der Waals surface area contributed by atoms with Gasteiger partial charge in [0.15, 0.2) is 4.96 Å². The molecule has 2 aromatic heterocycles. The van der Waals surface area contributed by atoms with E-state index in [1.165, 1.54) is 11.3 Å². The first-order valence-corrected chi connectivity index (χ1v) is 6.63. The van der Waals surface area contributed by atoms with Crippen LogP contribution in [0.15, 0.2) is 29.8 Å². The Kier molecular flexibility index (Phi) is 2.94. The predicted octanol–water partition coefficient (Wildman–Crippen LogP) is 3.59. The summed E-state index contributed by atoms with van der Waals surface area (Å²) < 4.78 is 28.5. The average Bonchev–Trinajstić information content (AvgIpc) is 2.92. The first kappa shape index (κ1) is 12.1. The molecule has 2 heterocycles. The fourth-order valence-corrected chi connectivity index (χ4v) is 2.74. The topological polar surface area (TPSA) is 29.3 Å². The van der Waals surface area contributed by atoms with Gasteiger partial charge in [-0.3, -0.25) is 4.40 Å². The lowest BCUT2D eigenvalue weighted by atomic mass is 10.2. The maximum absolute atomic E-state index is 13.5. The molecule has 1 N–H and O–H groups in total. The van der Waals surface area contributed by atoms with Crippen LogP contribution in [0.1, 0.15) is 11.4 Å². The highest BCUT2D eigenvalue weighted by Gasteiger charge is 2.10. The normalized spacial score (nSPS) is 11.1. The maximum Gasteiger partial charge on any atom is 0.194 e. The van der Waals surface area contributed by atoms with Crippen molar-refractivity contribution in [1.29, 1.82) is 0 Å². The molecule has 0 fully saturated rings. The fourth-order valence-electron chi connectivity index (χ4n) is 1.97. The molecule has 0 aliphatic rings. The van der Waals surface area contributed by atoms with E-state index in [0.29, 0.717) is 6.54 Å². The summed E-state index contributed by atoms with van der Waals surface area (Å²) in [6.45, 7) is 2.29. The molecular formula is C13H11F2N3S. The van der Waals surface area contributed by atoms with E-state index in [1.54, 1.807) is 0 Å². The highest BCUT2D eigenvalue weighted by atomic mass is 32.1. The second-order valence-electron chi connectivity index (χ2n) is 4.18. The molecule has 0 saturated heterocycles. The predicted molar refractivity (Wildman–Crippen MR) is 71.5 cm³/mol. The van der Waals surface area contributed by atoms with Crippen LogP contribution in [0.2, 0.25) is 0 Å². The number of anilines is 1. The Morgan fingerprint density at radius 1 is 1.37 bits per heavy atom. The lowest BCUT2D eigenvalue weighted by Crippen LogP contribution is -2.05. The number of fused-ring (bicyclic) bond motifs is 1.